The Morgan fingerprint density at radius 2 is 2.00 bits per heavy atom. The van der Waals surface area contributed by atoms with Crippen LogP contribution in [0.1, 0.15) is 29.7 Å². The molecular formula is C19H25N3O. The van der Waals surface area contributed by atoms with Crippen LogP contribution in [0.25, 0.3) is 0 Å². The lowest BCUT2D eigenvalue weighted by atomic mass is 10.1. The van der Waals surface area contributed by atoms with Crippen molar-refractivity contribution < 1.29 is 4.74 Å². The lowest BCUT2D eigenvalue weighted by Gasteiger charge is -2.26. The number of rotatable bonds is 6. The molecule has 4 nitrogen and oxygen atoms in total. The number of nitrogens with one attached hydrogen (secondary N) is 1. The van der Waals surface area contributed by atoms with Gasteiger partial charge in [-0.3, -0.25) is 9.88 Å². The highest BCUT2D eigenvalue weighted by molar-refractivity contribution is 5.24. The summed E-state index contributed by atoms with van der Waals surface area (Å²) in [5.41, 5.74) is 3.92. The van der Waals surface area contributed by atoms with E-state index in [4.69, 9.17) is 4.74 Å². The predicted octanol–water partition coefficient (Wildman–Crippen LogP) is 2.76. The summed E-state index contributed by atoms with van der Waals surface area (Å²) in [7, 11) is 0. The van der Waals surface area contributed by atoms with Crippen molar-refractivity contribution in [1.82, 2.24) is 15.2 Å². The van der Waals surface area contributed by atoms with Gasteiger partial charge in [-0.15, -0.1) is 0 Å². The van der Waals surface area contributed by atoms with Gasteiger partial charge in [0.1, 0.15) is 0 Å². The molecule has 1 aliphatic heterocycles. The van der Waals surface area contributed by atoms with Gasteiger partial charge in [-0.05, 0) is 29.7 Å². The highest BCUT2D eigenvalue weighted by Gasteiger charge is 2.11. The Labute approximate surface area is 138 Å². The minimum absolute atomic E-state index is 0.298. The average molecular weight is 311 g/mol. The minimum atomic E-state index is 0.298. The van der Waals surface area contributed by atoms with E-state index in [1.165, 1.54) is 16.7 Å². The topological polar surface area (TPSA) is 37.4 Å². The SMILES string of the molecule is C[C@@H](NCc1cccc(CN2CCOCC2)c1)c1cccnc1. The van der Waals surface area contributed by atoms with Crippen LogP contribution in [0, 0.1) is 0 Å². The molecule has 2 aromatic rings. The van der Waals surface area contributed by atoms with E-state index in [9.17, 15) is 0 Å². The van der Waals surface area contributed by atoms with Gasteiger partial charge in [0.15, 0.2) is 0 Å². The summed E-state index contributed by atoms with van der Waals surface area (Å²) in [5, 5.41) is 3.57. The molecule has 0 bridgehead atoms. The standard InChI is InChI=1S/C19H25N3O/c1-16(19-6-3-7-20-14-19)21-13-17-4-2-5-18(12-17)15-22-8-10-23-11-9-22/h2-7,12,14,16,21H,8-11,13,15H2,1H3/t16-/m1/s1. The molecule has 1 aromatic heterocycles. The lowest BCUT2D eigenvalue weighted by molar-refractivity contribution is 0.0342. The van der Waals surface area contributed by atoms with Crippen LogP contribution in [0.3, 0.4) is 0 Å². The molecule has 1 aromatic carbocycles. The number of nitrogens with zero attached hydrogens (tertiary/aromatic N) is 2. The van der Waals surface area contributed by atoms with E-state index in [0.717, 1.165) is 39.4 Å². The fourth-order valence-electron chi connectivity index (χ4n) is 2.88. The van der Waals surface area contributed by atoms with Crippen LogP contribution in [0.15, 0.2) is 48.8 Å². The maximum atomic E-state index is 5.41. The fraction of sp³-hybridized carbons (Fsp3) is 0.421. The molecule has 1 fully saturated rings. The average Bonchev–Trinajstić information content (AvgIpc) is 2.62. The molecule has 23 heavy (non-hydrogen) atoms. The van der Waals surface area contributed by atoms with E-state index < -0.39 is 0 Å². The predicted molar refractivity (Wildman–Crippen MR) is 92.0 cm³/mol. The Morgan fingerprint density at radius 3 is 2.78 bits per heavy atom. The summed E-state index contributed by atoms with van der Waals surface area (Å²) in [5.74, 6) is 0. The van der Waals surface area contributed by atoms with Crippen molar-refractivity contribution in [3.8, 4) is 0 Å². The molecular weight excluding hydrogens is 286 g/mol. The first-order valence-corrected chi connectivity index (χ1v) is 8.32. The quantitative estimate of drug-likeness (QED) is 0.890. The van der Waals surface area contributed by atoms with Crippen LogP contribution in [-0.4, -0.2) is 36.2 Å². The van der Waals surface area contributed by atoms with Crippen LogP contribution >= 0.6 is 0 Å². The highest BCUT2D eigenvalue weighted by atomic mass is 16.5. The van der Waals surface area contributed by atoms with Crippen molar-refractivity contribution in [1.29, 1.82) is 0 Å². The number of hydrogen-bond acceptors (Lipinski definition) is 4. The fourth-order valence-corrected chi connectivity index (χ4v) is 2.88. The molecule has 1 atom stereocenters. The van der Waals surface area contributed by atoms with Crippen molar-refractivity contribution in [2.75, 3.05) is 26.3 Å². The largest absolute Gasteiger partial charge is 0.379 e. The first-order chi connectivity index (χ1) is 11.3. The molecule has 122 valence electrons. The van der Waals surface area contributed by atoms with Crippen molar-refractivity contribution in [3.05, 3.63) is 65.5 Å². The van der Waals surface area contributed by atoms with Crippen LogP contribution in [0.5, 0.6) is 0 Å². The molecule has 0 amide bonds. The summed E-state index contributed by atoms with van der Waals surface area (Å²) >= 11 is 0. The number of benzene rings is 1. The third kappa shape index (κ3) is 4.86. The molecule has 1 saturated heterocycles. The van der Waals surface area contributed by atoms with E-state index in [-0.39, 0.29) is 0 Å². The second kappa shape index (κ2) is 8.20. The van der Waals surface area contributed by atoms with Crippen LogP contribution in [-0.2, 0) is 17.8 Å². The molecule has 0 radical (unpaired) electrons. The molecule has 0 aliphatic carbocycles. The molecule has 0 spiro atoms. The summed E-state index contributed by atoms with van der Waals surface area (Å²) in [6, 6.07) is 13.2. The van der Waals surface area contributed by atoms with Gasteiger partial charge in [0.25, 0.3) is 0 Å². The van der Waals surface area contributed by atoms with Crippen molar-refractivity contribution in [2.45, 2.75) is 26.1 Å². The zero-order chi connectivity index (χ0) is 15.9. The summed E-state index contributed by atoms with van der Waals surface area (Å²) in [6.45, 7) is 7.81. The summed E-state index contributed by atoms with van der Waals surface area (Å²) < 4.78 is 5.41. The molecule has 4 heteroatoms. The van der Waals surface area contributed by atoms with Crippen molar-refractivity contribution in [2.24, 2.45) is 0 Å². The van der Waals surface area contributed by atoms with Gasteiger partial charge in [0, 0.05) is 44.6 Å². The minimum Gasteiger partial charge on any atom is -0.379 e. The highest BCUT2D eigenvalue weighted by Crippen LogP contribution is 2.13. The molecule has 0 saturated carbocycles. The van der Waals surface area contributed by atoms with E-state index in [2.05, 4.69) is 52.5 Å². The monoisotopic (exact) mass is 311 g/mol. The molecule has 1 aliphatic rings. The van der Waals surface area contributed by atoms with Gasteiger partial charge in [-0.2, -0.15) is 0 Å². The van der Waals surface area contributed by atoms with Crippen LogP contribution in [0.4, 0.5) is 0 Å². The Morgan fingerprint density at radius 1 is 1.17 bits per heavy atom. The number of pyridine rings is 1. The van der Waals surface area contributed by atoms with Crippen molar-refractivity contribution >= 4 is 0 Å². The van der Waals surface area contributed by atoms with Gasteiger partial charge >= 0.3 is 0 Å². The summed E-state index contributed by atoms with van der Waals surface area (Å²) in [6.07, 6.45) is 3.73. The third-order valence-corrected chi connectivity index (χ3v) is 4.30. The zero-order valence-electron chi connectivity index (χ0n) is 13.7. The maximum absolute atomic E-state index is 5.41. The smallest absolute Gasteiger partial charge is 0.0594 e. The lowest BCUT2D eigenvalue weighted by Crippen LogP contribution is -2.35. The number of aromatic nitrogens is 1. The molecule has 3 rings (SSSR count). The second-order valence-corrected chi connectivity index (χ2v) is 6.10. The first-order valence-electron chi connectivity index (χ1n) is 8.32. The number of hydrogen-bond donors (Lipinski definition) is 1. The number of ether oxygens (including phenoxy) is 1. The van der Waals surface area contributed by atoms with Gasteiger partial charge < -0.3 is 10.1 Å². The Bertz CT molecular complexity index is 597. The van der Waals surface area contributed by atoms with Gasteiger partial charge in [0.05, 0.1) is 13.2 Å². The Hall–Kier alpha value is -1.75. The van der Waals surface area contributed by atoms with Crippen LogP contribution in [0.2, 0.25) is 0 Å². The van der Waals surface area contributed by atoms with Gasteiger partial charge in [0.2, 0.25) is 0 Å². The van der Waals surface area contributed by atoms with Gasteiger partial charge in [-0.1, -0.05) is 30.3 Å². The molecule has 0 unspecified atom stereocenters. The Kier molecular flexibility index (Phi) is 5.75. The molecule has 2 heterocycles. The van der Waals surface area contributed by atoms with E-state index in [1.54, 1.807) is 0 Å². The number of morpholine rings is 1. The zero-order valence-corrected chi connectivity index (χ0v) is 13.7. The summed E-state index contributed by atoms with van der Waals surface area (Å²) in [4.78, 5) is 6.64. The van der Waals surface area contributed by atoms with Crippen molar-refractivity contribution in [3.63, 3.8) is 0 Å². The van der Waals surface area contributed by atoms with Crippen LogP contribution < -0.4 is 5.32 Å². The van der Waals surface area contributed by atoms with E-state index in [0.29, 0.717) is 6.04 Å². The maximum Gasteiger partial charge on any atom is 0.0594 e. The molecule has 1 N–H and O–H groups in total. The normalized spacial score (nSPS) is 17.1. The van der Waals surface area contributed by atoms with E-state index in [1.807, 2.05) is 18.5 Å². The third-order valence-electron chi connectivity index (χ3n) is 4.30. The van der Waals surface area contributed by atoms with E-state index >= 15 is 0 Å². The second-order valence-electron chi connectivity index (χ2n) is 6.10. The first kappa shape index (κ1) is 16.1. The van der Waals surface area contributed by atoms with Gasteiger partial charge in [-0.25, -0.2) is 0 Å². The Balaban J connectivity index is 1.55.